The molecular weight excluding hydrogens is 212 g/mol. The maximum Gasteiger partial charge on any atom is 0.166 e. The Balaban J connectivity index is 2.41. The molecule has 0 fully saturated rings. The molecular formula is C15H18O2. The summed E-state index contributed by atoms with van der Waals surface area (Å²) in [6, 6.07) is 0. The lowest BCUT2D eigenvalue weighted by Crippen LogP contribution is -2.09. The summed E-state index contributed by atoms with van der Waals surface area (Å²) in [4.78, 5) is 12.2. The number of hydrogen-bond acceptors (Lipinski definition) is 2. The van der Waals surface area contributed by atoms with E-state index in [1.165, 1.54) is 0 Å². The standard InChI is InChI=1S/C15H18O2/c1-10-5-4-6-11(2)8-14-15(13(16)7-10)12(3)9-17-14/h4,6,9-10H,2,5,7-8H2,1,3H3/t10-/m0/s1. The van der Waals surface area contributed by atoms with Crippen molar-refractivity contribution in [1.29, 1.82) is 0 Å². The van der Waals surface area contributed by atoms with Crippen molar-refractivity contribution in [3.63, 3.8) is 0 Å². The number of carbonyl (C=O) groups is 1. The van der Waals surface area contributed by atoms with Crippen molar-refractivity contribution in [2.45, 2.75) is 33.1 Å². The first-order chi connectivity index (χ1) is 8.08. The minimum absolute atomic E-state index is 0.196. The van der Waals surface area contributed by atoms with Gasteiger partial charge in [-0.2, -0.15) is 0 Å². The van der Waals surface area contributed by atoms with Gasteiger partial charge in [0.25, 0.3) is 0 Å². The van der Waals surface area contributed by atoms with Gasteiger partial charge in [-0.25, -0.2) is 0 Å². The van der Waals surface area contributed by atoms with Crippen LogP contribution >= 0.6 is 0 Å². The Kier molecular flexibility index (Phi) is 3.32. The number of allylic oxidation sites excluding steroid dienone is 3. The average molecular weight is 230 g/mol. The maximum absolute atomic E-state index is 12.2. The van der Waals surface area contributed by atoms with Crippen LogP contribution in [0.15, 0.2) is 35.0 Å². The van der Waals surface area contributed by atoms with E-state index in [0.717, 1.165) is 28.9 Å². The fraction of sp³-hybridized carbons (Fsp3) is 0.400. The summed E-state index contributed by atoms with van der Waals surface area (Å²) in [6.45, 7) is 8.01. The van der Waals surface area contributed by atoms with Crippen LogP contribution in [-0.2, 0) is 6.42 Å². The summed E-state index contributed by atoms with van der Waals surface area (Å²) in [5.74, 6) is 1.32. The Morgan fingerprint density at radius 1 is 1.47 bits per heavy atom. The number of aryl methyl sites for hydroxylation is 1. The quantitative estimate of drug-likeness (QED) is 0.677. The zero-order valence-corrected chi connectivity index (χ0v) is 10.5. The van der Waals surface area contributed by atoms with Crippen LogP contribution in [0.25, 0.3) is 0 Å². The fourth-order valence-electron chi connectivity index (χ4n) is 2.24. The Labute approximate surface area is 102 Å². The normalized spacial score (nSPS) is 21.4. The zero-order valence-electron chi connectivity index (χ0n) is 10.5. The van der Waals surface area contributed by atoms with Crippen molar-refractivity contribution in [2.24, 2.45) is 5.92 Å². The van der Waals surface area contributed by atoms with Crippen molar-refractivity contribution in [2.75, 3.05) is 0 Å². The molecule has 1 aromatic heterocycles. The molecule has 0 aromatic carbocycles. The highest BCUT2D eigenvalue weighted by molar-refractivity contribution is 5.98. The smallest absolute Gasteiger partial charge is 0.166 e. The van der Waals surface area contributed by atoms with Gasteiger partial charge in [-0.3, -0.25) is 4.79 Å². The van der Waals surface area contributed by atoms with E-state index in [4.69, 9.17) is 4.42 Å². The first-order valence-corrected chi connectivity index (χ1v) is 6.02. The Morgan fingerprint density at radius 3 is 3.00 bits per heavy atom. The third-order valence-electron chi connectivity index (χ3n) is 3.14. The molecule has 0 bridgehead atoms. The molecule has 0 aliphatic heterocycles. The summed E-state index contributed by atoms with van der Waals surface area (Å²) < 4.78 is 5.48. The molecule has 90 valence electrons. The topological polar surface area (TPSA) is 30.2 Å². The largest absolute Gasteiger partial charge is 0.468 e. The van der Waals surface area contributed by atoms with Crippen LogP contribution in [0.1, 0.15) is 41.4 Å². The van der Waals surface area contributed by atoms with Gasteiger partial charge in [-0.05, 0) is 30.4 Å². The predicted octanol–water partition coefficient (Wildman–Crippen LogP) is 3.86. The van der Waals surface area contributed by atoms with E-state index < -0.39 is 0 Å². The maximum atomic E-state index is 12.2. The lowest BCUT2D eigenvalue weighted by atomic mass is 9.92. The number of fused-ring (bicyclic) bond motifs is 1. The van der Waals surface area contributed by atoms with Crippen molar-refractivity contribution in [3.05, 3.63) is 47.5 Å². The third-order valence-corrected chi connectivity index (χ3v) is 3.14. The second-order valence-electron chi connectivity index (χ2n) is 4.92. The first kappa shape index (κ1) is 11.9. The molecule has 1 aliphatic carbocycles. The van der Waals surface area contributed by atoms with Gasteiger partial charge in [-0.15, -0.1) is 0 Å². The van der Waals surface area contributed by atoms with Crippen LogP contribution in [0, 0.1) is 12.8 Å². The van der Waals surface area contributed by atoms with E-state index in [-0.39, 0.29) is 5.78 Å². The van der Waals surface area contributed by atoms with Crippen LogP contribution < -0.4 is 0 Å². The molecule has 0 saturated carbocycles. The molecule has 0 spiro atoms. The molecule has 2 nitrogen and oxygen atoms in total. The number of rotatable bonds is 0. The molecule has 2 heteroatoms. The number of furan rings is 1. The van der Waals surface area contributed by atoms with Gasteiger partial charge >= 0.3 is 0 Å². The monoisotopic (exact) mass is 230 g/mol. The highest BCUT2D eigenvalue weighted by Gasteiger charge is 2.20. The van der Waals surface area contributed by atoms with E-state index in [9.17, 15) is 4.79 Å². The minimum atomic E-state index is 0.196. The van der Waals surface area contributed by atoms with Crippen molar-refractivity contribution < 1.29 is 9.21 Å². The fourth-order valence-corrected chi connectivity index (χ4v) is 2.24. The molecule has 0 amide bonds. The van der Waals surface area contributed by atoms with Gasteiger partial charge in [0, 0.05) is 12.8 Å². The summed E-state index contributed by atoms with van der Waals surface area (Å²) in [5, 5.41) is 0. The molecule has 0 saturated heterocycles. The number of ketones is 1. The van der Waals surface area contributed by atoms with Gasteiger partial charge in [0.05, 0.1) is 11.8 Å². The molecule has 1 aromatic rings. The second-order valence-corrected chi connectivity index (χ2v) is 4.92. The van der Waals surface area contributed by atoms with E-state index in [1.807, 2.05) is 13.0 Å². The lowest BCUT2D eigenvalue weighted by Gasteiger charge is -2.11. The van der Waals surface area contributed by atoms with Crippen LogP contribution in [0.5, 0.6) is 0 Å². The van der Waals surface area contributed by atoms with E-state index in [2.05, 4.69) is 19.6 Å². The Bertz CT molecular complexity index is 477. The van der Waals surface area contributed by atoms with Gasteiger partial charge in [0.2, 0.25) is 0 Å². The van der Waals surface area contributed by atoms with E-state index in [1.54, 1.807) is 6.26 Å². The lowest BCUT2D eigenvalue weighted by molar-refractivity contribution is 0.0962. The summed E-state index contributed by atoms with van der Waals surface area (Å²) in [6.07, 6.45) is 7.94. The molecule has 1 atom stereocenters. The van der Waals surface area contributed by atoms with Gasteiger partial charge in [0.15, 0.2) is 5.78 Å². The van der Waals surface area contributed by atoms with E-state index >= 15 is 0 Å². The highest BCUT2D eigenvalue weighted by atomic mass is 16.3. The average Bonchev–Trinajstić information content (AvgIpc) is 2.58. The van der Waals surface area contributed by atoms with Gasteiger partial charge < -0.3 is 4.42 Å². The second kappa shape index (κ2) is 4.74. The molecule has 0 radical (unpaired) electrons. The zero-order chi connectivity index (χ0) is 12.4. The van der Waals surface area contributed by atoms with E-state index in [0.29, 0.717) is 18.8 Å². The van der Waals surface area contributed by atoms with Crippen molar-refractivity contribution >= 4 is 5.78 Å². The van der Waals surface area contributed by atoms with Crippen molar-refractivity contribution in [1.82, 2.24) is 0 Å². The summed E-state index contributed by atoms with van der Waals surface area (Å²) >= 11 is 0. The Morgan fingerprint density at radius 2 is 2.24 bits per heavy atom. The van der Waals surface area contributed by atoms with Crippen LogP contribution in [0.3, 0.4) is 0 Å². The molecule has 17 heavy (non-hydrogen) atoms. The first-order valence-electron chi connectivity index (χ1n) is 6.02. The number of Topliss-reactive ketones (excluding diaryl/α,β-unsaturated/α-hetero) is 1. The van der Waals surface area contributed by atoms with Crippen LogP contribution in [-0.4, -0.2) is 5.78 Å². The molecule has 1 aliphatic rings. The highest BCUT2D eigenvalue weighted by Crippen LogP contribution is 2.25. The van der Waals surface area contributed by atoms with Crippen molar-refractivity contribution in [3.8, 4) is 0 Å². The van der Waals surface area contributed by atoms with Crippen LogP contribution in [0.2, 0.25) is 0 Å². The predicted molar refractivity (Wildman–Crippen MR) is 68.2 cm³/mol. The number of hydrogen-bond donors (Lipinski definition) is 0. The van der Waals surface area contributed by atoms with Gasteiger partial charge in [0.1, 0.15) is 5.76 Å². The molecule has 0 N–H and O–H groups in total. The summed E-state index contributed by atoms with van der Waals surface area (Å²) in [5.41, 5.74) is 2.70. The third kappa shape index (κ3) is 2.57. The van der Waals surface area contributed by atoms with Crippen LogP contribution in [0.4, 0.5) is 0 Å². The molecule has 1 heterocycles. The Hall–Kier alpha value is -1.57. The summed E-state index contributed by atoms with van der Waals surface area (Å²) in [7, 11) is 0. The molecule has 2 rings (SSSR count). The molecule has 0 unspecified atom stereocenters. The minimum Gasteiger partial charge on any atom is -0.468 e. The van der Waals surface area contributed by atoms with Gasteiger partial charge in [-0.1, -0.05) is 25.7 Å². The SMILES string of the molecule is C=C1C=CC[C@H](C)CC(=O)c2c(C)coc2C1. The number of carbonyl (C=O) groups excluding carboxylic acids is 1.